The molecule has 0 amide bonds. The molecule has 22 heavy (non-hydrogen) atoms. The van der Waals surface area contributed by atoms with E-state index in [0.717, 1.165) is 11.9 Å². The average Bonchev–Trinajstić information content (AvgIpc) is 2.78. The van der Waals surface area contributed by atoms with Crippen molar-refractivity contribution in [2.75, 3.05) is 12.3 Å². The minimum absolute atomic E-state index is 0. The van der Waals surface area contributed by atoms with Gasteiger partial charge in [-0.15, -0.1) is 17.5 Å². The van der Waals surface area contributed by atoms with Crippen LogP contribution in [0.4, 0.5) is 5.69 Å². The number of nitrogens with two attached hydrogens (primary N) is 1. The first kappa shape index (κ1) is 18.1. The van der Waals surface area contributed by atoms with Crippen LogP contribution in [0.3, 0.4) is 0 Å². The summed E-state index contributed by atoms with van der Waals surface area (Å²) in [4.78, 5) is 0. The third-order valence-corrected chi connectivity index (χ3v) is 3.22. The summed E-state index contributed by atoms with van der Waals surface area (Å²) < 4.78 is 9.43. The molecule has 118 valence electrons. The van der Waals surface area contributed by atoms with E-state index < -0.39 is 0 Å². The lowest BCUT2D eigenvalue weighted by Crippen LogP contribution is -3.00. The van der Waals surface area contributed by atoms with Crippen LogP contribution in [0.5, 0.6) is 5.88 Å². The highest BCUT2D eigenvalue weighted by Crippen LogP contribution is 2.24. The van der Waals surface area contributed by atoms with Crippen molar-refractivity contribution in [1.82, 2.24) is 9.61 Å². The zero-order valence-electron chi connectivity index (χ0n) is 12.1. The topological polar surface area (TPSA) is 56.4 Å². The number of hydrogen-bond acceptors (Lipinski definition) is 3. The van der Waals surface area contributed by atoms with Gasteiger partial charge in [0.05, 0.1) is 12.1 Å². The van der Waals surface area contributed by atoms with Crippen LogP contribution in [0.15, 0.2) is 48.9 Å². The van der Waals surface area contributed by atoms with Gasteiger partial charge in [0.25, 0.3) is 5.88 Å². The summed E-state index contributed by atoms with van der Waals surface area (Å²) in [5.41, 5.74) is 8.71. The smallest absolute Gasteiger partial charge is 0.257 e. The van der Waals surface area contributed by atoms with E-state index in [9.17, 15) is 0 Å². The van der Waals surface area contributed by atoms with Crippen LogP contribution in [-0.2, 0) is 13.5 Å². The summed E-state index contributed by atoms with van der Waals surface area (Å²) in [7, 11) is 2.00. The van der Waals surface area contributed by atoms with Crippen molar-refractivity contribution in [1.29, 1.82) is 0 Å². The van der Waals surface area contributed by atoms with Crippen molar-refractivity contribution in [3.05, 3.63) is 54.5 Å². The molecule has 3 aromatic rings. The fraction of sp³-hybridized carbons (Fsp3) is 0.200. The first-order chi connectivity index (χ1) is 9.74. The summed E-state index contributed by atoms with van der Waals surface area (Å²) in [5.74, 6) is 0.498. The van der Waals surface area contributed by atoms with Crippen LogP contribution in [0.25, 0.3) is 5.52 Å². The highest BCUT2D eigenvalue weighted by Gasteiger charge is 2.10. The van der Waals surface area contributed by atoms with Gasteiger partial charge in [0, 0.05) is 24.8 Å². The van der Waals surface area contributed by atoms with Gasteiger partial charge in [-0.2, -0.15) is 0 Å². The van der Waals surface area contributed by atoms with E-state index in [1.54, 1.807) is 4.52 Å². The van der Waals surface area contributed by atoms with E-state index in [2.05, 4.69) is 17.2 Å². The molecule has 0 spiro atoms. The molecule has 0 bridgehead atoms. The fourth-order valence-corrected chi connectivity index (χ4v) is 2.07. The predicted octanol–water partition coefficient (Wildman–Crippen LogP) is -1.21. The molecular weight excluding hydrogens is 323 g/mol. The van der Waals surface area contributed by atoms with Crippen molar-refractivity contribution >= 4 is 23.6 Å². The Morgan fingerprint density at radius 3 is 2.64 bits per heavy atom. The van der Waals surface area contributed by atoms with Gasteiger partial charge in [0.15, 0.2) is 12.4 Å². The van der Waals surface area contributed by atoms with Crippen LogP contribution in [0.2, 0.25) is 0 Å². The van der Waals surface area contributed by atoms with Gasteiger partial charge < -0.3 is 22.9 Å². The number of aromatic nitrogens is 3. The lowest BCUT2D eigenvalue weighted by Gasteiger charge is -2.03. The van der Waals surface area contributed by atoms with Gasteiger partial charge in [-0.05, 0) is 17.7 Å². The molecule has 0 saturated carbocycles. The molecule has 0 aliphatic carbocycles. The number of rotatable bonds is 4. The number of halogens is 2. The van der Waals surface area contributed by atoms with E-state index in [-0.39, 0.29) is 24.8 Å². The third kappa shape index (κ3) is 3.81. The lowest BCUT2D eigenvalue weighted by molar-refractivity contribution is -0.671. The Morgan fingerprint density at radius 2 is 1.95 bits per heavy atom. The van der Waals surface area contributed by atoms with Crippen molar-refractivity contribution in [2.45, 2.75) is 6.42 Å². The molecule has 5 nitrogen and oxygen atoms in total. The molecule has 0 radical (unpaired) electrons. The van der Waals surface area contributed by atoms with E-state index >= 15 is 0 Å². The normalized spacial score (nSPS) is 9.86. The highest BCUT2D eigenvalue weighted by atomic mass is 35.5. The fourth-order valence-electron chi connectivity index (χ4n) is 2.07. The SMILES string of the molecule is C[n+]1ccc(CCOc2nn3ccccc3c2N)cc1.Cl.[Cl-]. The van der Waals surface area contributed by atoms with Crippen LogP contribution >= 0.6 is 12.4 Å². The second-order valence-electron chi connectivity index (χ2n) is 4.72. The van der Waals surface area contributed by atoms with Gasteiger partial charge in [-0.1, -0.05) is 6.07 Å². The molecule has 3 heterocycles. The minimum Gasteiger partial charge on any atom is -1.00 e. The summed E-state index contributed by atoms with van der Waals surface area (Å²) in [6.07, 6.45) is 6.73. The third-order valence-electron chi connectivity index (χ3n) is 3.22. The van der Waals surface area contributed by atoms with Crippen molar-refractivity contribution in [3.63, 3.8) is 0 Å². The zero-order chi connectivity index (χ0) is 13.9. The molecule has 0 aliphatic rings. The molecule has 7 heteroatoms. The predicted molar refractivity (Wildman–Crippen MR) is 83.7 cm³/mol. The van der Waals surface area contributed by atoms with Gasteiger partial charge in [0.2, 0.25) is 0 Å². The Hall–Kier alpha value is -1.98. The summed E-state index contributed by atoms with van der Waals surface area (Å²) >= 11 is 0. The molecular formula is C15H18Cl2N4O. The van der Waals surface area contributed by atoms with Crippen LogP contribution in [0, 0.1) is 0 Å². The number of ether oxygens (including phenoxy) is 1. The number of anilines is 1. The number of fused-ring (bicyclic) bond motifs is 1. The summed E-state index contributed by atoms with van der Waals surface area (Å²) in [6.45, 7) is 0.557. The molecule has 0 aliphatic heterocycles. The van der Waals surface area contributed by atoms with E-state index in [1.807, 2.05) is 48.4 Å². The molecule has 0 fully saturated rings. The van der Waals surface area contributed by atoms with Crippen molar-refractivity contribution in [2.24, 2.45) is 7.05 Å². The van der Waals surface area contributed by atoms with Gasteiger partial charge >= 0.3 is 0 Å². The van der Waals surface area contributed by atoms with Gasteiger partial charge in [0.1, 0.15) is 12.7 Å². The highest BCUT2D eigenvalue weighted by molar-refractivity contribution is 5.85. The monoisotopic (exact) mass is 340 g/mol. The average molecular weight is 341 g/mol. The number of nitrogen functional groups attached to an aromatic ring is 1. The maximum absolute atomic E-state index is 6.03. The first-order valence-corrected chi connectivity index (χ1v) is 6.54. The standard InChI is InChI=1S/C15H17N4O.2ClH/c1-18-9-5-12(6-10-18)7-11-20-15-14(16)13-4-2-3-8-19(13)17-15;;/h2-6,8-10H,7,11,16H2,1H3;2*1H/q+1;;/p-1. The molecule has 0 aromatic carbocycles. The quantitative estimate of drug-likeness (QED) is 0.606. The zero-order valence-corrected chi connectivity index (χ0v) is 13.7. The van der Waals surface area contributed by atoms with Crippen molar-refractivity contribution < 1.29 is 21.7 Å². The van der Waals surface area contributed by atoms with Crippen LogP contribution < -0.4 is 27.4 Å². The number of hydrogen-bond donors (Lipinski definition) is 1. The van der Waals surface area contributed by atoms with Gasteiger partial charge in [-0.3, -0.25) is 0 Å². The van der Waals surface area contributed by atoms with Crippen LogP contribution in [-0.4, -0.2) is 16.2 Å². The number of nitrogens with zero attached hydrogens (tertiary/aromatic N) is 3. The Bertz CT molecular complexity index is 728. The molecule has 2 N–H and O–H groups in total. The Labute approximate surface area is 141 Å². The second-order valence-corrected chi connectivity index (χ2v) is 4.72. The minimum atomic E-state index is 0. The number of pyridine rings is 2. The Morgan fingerprint density at radius 1 is 1.23 bits per heavy atom. The summed E-state index contributed by atoms with van der Waals surface area (Å²) in [5, 5.41) is 4.32. The number of aryl methyl sites for hydroxylation is 1. The lowest BCUT2D eigenvalue weighted by atomic mass is 10.2. The maximum Gasteiger partial charge on any atom is 0.257 e. The molecule has 0 saturated heterocycles. The molecule has 3 aromatic heterocycles. The Kier molecular flexibility index (Phi) is 6.46. The molecule has 0 atom stereocenters. The van der Waals surface area contributed by atoms with Crippen LogP contribution in [0.1, 0.15) is 5.56 Å². The maximum atomic E-state index is 6.03. The Balaban J connectivity index is 0.00000121. The van der Waals surface area contributed by atoms with Crippen molar-refractivity contribution in [3.8, 4) is 5.88 Å². The summed E-state index contributed by atoms with van der Waals surface area (Å²) in [6, 6.07) is 9.92. The molecule has 3 rings (SSSR count). The van der Waals surface area contributed by atoms with Gasteiger partial charge in [-0.25, -0.2) is 9.08 Å². The largest absolute Gasteiger partial charge is 1.00 e. The van der Waals surface area contributed by atoms with E-state index in [0.29, 0.717) is 18.2 Å². The van der Waals surface area contributed by atoms with E-state index in [1.165, 1.54) is 5.56 Å². The second kappa shape index (κ2) is 7.87. The first-order valence-electron chi connectivity index (χ1n) is 6.54. The molecule has 0 unspecified atom stereocenters. The van der Waals surface area contributed by atoms with E-state index in [4.69, 9.17) is 10.5 Å².